The first-order valence-corrected chi connectivity index (χ1v) is 12.7. The van der Waals surface area contributed by atoms with Gasteiger partial charge in [0, 0.05) is 0 Å². The molecule has 23 heavy (non-hydrogen) atoms. The van der Waals surface area contributed by atoms with Gasteiger partial charge in [-0.3, -0.25) is 0 Å². The fourth-order valence-electron chi connectivity index (χ4n) is 2.02. The van der Waals surface area contributed by atoms with Crippen LogP contribution < -0.4 is 3.27 Å². The molecule has 2 rings (SSSR count). The number of nitrogens with zero attached hydrogens (tertiary/aromatic N) is 2. The van der Waals surface area contributed by atoms with Gasteiger partial charge in [-0.1, -0.05) is 0 Å². The molecule has 124 valence electrons. The summed E-state index contributed by atoms with van der Waals surface area (Å²) >= 11 is -0.683. The van der Waals surface area contributed by atoms with Crippen LogP contribution in [0.25, 0.3) is 0 Å². The third kappa shape index (κ3) is 7.25. The van der Waals surface area contributed by atoms with E-state index < -0.39 is 23.2 Å². The van der Waals surface area contributed by atoms with Crippen molar-refractivity contribution in [3.8, 4) is 0 Å². The summed E-state index contributed by atoms with van der Waals surface area (Å²) in [5.74, 6) is 1.02. The van der Waals surface area contributed by atoms with Gasteiger partial charge >= 0.3 is 154 Å². The molecule has 0 amide bonds. The Hall–Kier alpha value is -0.557. The molecule has 1 aromatic rings. The molecule has 2 nitrogen and oxygen atoms in total. The molecular formula is C20H30BiN2+. The number of rotatable bonds is 5. The number of hydrogen-bond acceptors (Lipinski definition) is 2. The molecule has 1 fully saturated rings. The Morgan fingerprint density at radius 1 is 0.957 bits per heavy atom. The summed E-state index contributed by atoms with van der Waals surface area (Å²) in [6.45, 7) is 12.9. The molecule has 1 aliphatic carbocycles. The van der Waals surface area contributed by atoms with Gasteiger partial charge in [-0.15, -0.1) is 0 Å². The third-order valence-electron chi connectivity index (χ3n) is 3.48. The normalized spacial score (nSPS) is 16.6. The van der Waals surface area contributed by atoms with E-state index in [1.807, 2.05) is 0 Å². The van der Waals surface area contributed by atoms with Crippen LogP contribution >= 0.6 is 0 Å². The van der Waals surface area contributed by atoms with Gasteiger partial charge in [-0.25, -0.2) is 0 Å². The molecule has 0 atom stereocenters. The Balaban J connectivity index is 2.31. The molecule has 1 aliphatic rings. The van der Waals surface area contributed by atoms with Crippen LogP contribution in [0.15, 0.2) is 28.2 Å². The van der Waals surface area contributed by atoms with E-state index in [4.69, 9.17) is 9.98 Å². The molecule has 0 unspecified atom stereocenters. The van der Waals surface area contributed by atoms with E-state index >= 15 is 0 Å². The van der Waals surface area contributed by atoms with Crippen LogP contribution in [0.2, 0.25) is 4.13 Å². The van der Waals surface area contributed by atoms with E-state index in [2.05, 4.69) is 72.2 Å². The Bertz CT molecular complexity index is 542. The van der Waals surface area contributed by atoms with Crippen LogP contribution in [0.3, 0.4) is 0 Å². The molecular weight excluding hydrogens is 477 g/mol. The minimum atomic E-state index is -0.683. The van der Waals surface area contributed by atoms with Crippen LogP contribution in [0.4, 0.5) is 0 Å². The monoisotopic (exact) mass is 507 g/mol. The molecule has 0 saturated heterocycles. The number of benzene rings is 1. The van der Waals surface area contributed by atoms with Gasteiger partial charge in [0.25, 0.3) is 0 Å². The van der Waals surface area contributed by atoms with Crippen molar-refractivity contribution in [2.24, 2.45) is 15.9 Å². The summed E-state index contributed by atoms with van der Waals surface area (Å²) in [5, 5.41) is 0. The van der Waals surface area contributed by atoms with Crippen molar-refractivity contribution in [3.05, 3.63) is 29.3 Å². The van der Waals surface area contributed by atoms with Crippen LogP contribution in [0.1, 0.15) is 65.5 Å². The summed E-state index contributed by atoms with van der Waals surface area (Å²) in [7, 11) is 0. The Morgan fingerprint density at radius 3 is 1.83 bits per heavy atom. The van der Waals surface area contributed by atoms with Gasteiger partial charge in [0.15, 0.2) is 0 Å². The van der Waals surface area contributed by atoms with Crippen LogP contribution in [0, 0.1) is 5.92 Å². The number of aliphatic imine (C=N–C) groups is 2. The Labute approximate surface area is 153 Å². The summed E-state index contributed by atoms with van der Waals surface area (Å²) < 4.78 is 3.05. The predicted molar refractivity (Wildman–Crippen MR) is 104 cm³/mol. The fraction of sp³-hybridized carbons (Fsp3) is 0.600. The van der Waals surface area contributed by atoms with Crippen molar-refractivity contribution >= 4 is 38.9 Å². The van der Waals surface area contributed by atoms with E-state index in [0.717, 1.165) is 5.92 Å². The van der Waals surface area contributed by atoms with Gasteiger partial charge in [0.05, 0.1) is 0 Å². The SMILES string of the molecule is CC(C)(C)N=Cc1cccc(C=NC(C)(C)C)[c]1[Bi+][CH2]C1CC1. The summed E-state index contributed by atoms with van der Waals surface area (Å²) in [5.41, 5.74) is 2.62. The van der Waals surface area contributed by atoms with Gasteiger partial charge in [-0.05, 0) is 0 Å². The summed E-state index contributed by atoms with van der Waals surface area (Å²) in [4.78, 5) is 9.48. The van der Waals surface area contributed by atoms with E-state index in [-0.39, 0.29) is 11.1 Å². The van der Waals surface area contributed by atoms with Crippen LogP contribution in [-0.4, -0.2) is 46.7 Å². The molecule has 0 heterocycles. The second-order valence-electron chi connectivity index (χ2n) is 8.43. The second kappa shape index (κ2) is 7.55. The van der Waals surface area contributed by atoms with Crippen molar-refractivity contribution in [2.45, 2.75) is 69.6 Å². The third-order valence-corrected chi connectivity index (χ3v) is 9.44. The molecule has 0 spiro atoms. The Kier molecular flexibility index (Phi) is 6.17. The Morgan fingerprint density at radius 2 is 1.43 bits per heavy atom. The van der Waals surface area contributed by atoms with E-state index in [9.17, 15) is 0 Å². The average Bonchev–Trinajstić information content (AvgIpc) is 3.23. The van der Waals surface area contributed by atoms with Gasteiger partial charge in [0.2, 0.25) is 0 Å². The second-order valence-corrected chi connectivity index (χ2v) is 12.8. The maximum atomic E-state index is 4.74. The summed E-state index contributed by atoms with van der Waals surface area (Å²) in [6.07, 6.45) is 7.10. The minimum absolute atomic E-state index is 0.0184. The van der Waals surface area contributed by atoms with Gasteiger partial charge in [0.1, 0.15) is 0 Å². The van der Waals surface area contributed by atoms with E-state index in [1.165, 1.54) is 28.1 Å². The first kappa shape index (κ1) is 18.8. The maximum absolute atomic E-state index is 4.74. The molecule has 2 radical (unpaired) electrons. The zero-order valence-electron chi connectivity index (χ0n) is 15.4. The van der Waals surface area contributed by atoms with Crippen molar-refractivity contribution in [1.82, 2.24) is 0 Å². The van der Waals surface area contributed by atoms with Crippen molar-refractivity contribution < 1.29 is 0 Å². The van der Waals surface area contributed by atoms with Gasteiger partial charge in [-0.2, -0.15) is 0 Å². The topological polar surface area (TPSA) is 24.7 Å². The van der Waals surface area contributed by atoms with Crippen LogP contribution in [0.5, 0.6) is 0 Å². The standard InChI is InChI=1S/C16H23N2.C4H7.Bi/c1-15(2,3)17-11-13-8-7-9-14(10-13)12-18-16(4,5)6;1-4-2-3-4;/h7-9,11-12H,1-6H3;4H,1-3H2;/q;;+1. The van der Waals surface area contributed by atoms with Crippen molar-refractivity contribution in [1.29, 1.82) is 0 Å². The molecule has 0 aromatic heterocycles. The average molecular weight is 507 g/mol. The number of hydrogen-bond donors (Lipinski definition) is 0. The first-order valence-electron chi connectivity index (χ1n) is 8.55. The first-order chi connectivity index (χ1) is 10.6. The molecule has 0 bridgehead atoms. The van der Waals surface area contributed by atoms with E-state index in [1.54, 1.807) is 3.27 Å². The zero-order valence-corrected chi connectivity index (χ0v) is 18.9. The van der Waals surface area contributed by atoms with Crippen LogP contribution in [-0.2, 0) is 0 Å². The fourth-order valence-corrected chi connectivity index (χ4v) is 7.60. The quantitative estimate of drug-likeness (QED) is 0.420. The molecule has 0 N–H and O–H groups in total. The summed E-state index contributed by atoms with van der Waals surface area (Å²) in [6, 6.07) is 6.61. The molecule has 0 aliphatic heterocycles. The van der Waals surface area contributed by atoms with Crippen molar-refractivity contribution in [2.75, 3.05) is 0 Å². The van der Waals surface area contributed by atoms with E-state index in [0.29, 0.717) is 0 Å². The van der Waals surface area contributed by atoms with Crippen molar-refractivity contribution in [3.63, 3.8) is 0 Å². The van der Waals surface area contributed by atoms with Gasteiger partial charge < -0.3 is 0 Å². The molecule has 3 heteroatoms. The predicted octanol–water partition coefficient (Wildman–Crippen LogP) is 4.28. The molecule has 1 aromatic carbocycles. The molecule has 1 saturated carbocycles. The zero-order chi connectivity index (χ0) is 17.1.